The van der Waals surface area contributed by atoms with E-state index in [0.717, 1.165) is 0 Å². The van der Waals surface area contributed by atoms with Gasteiger partial charge in [-0.15, -0.1) is 0 Å². The minimum atomic E-state index is -0.954. The summed E-state index contributed by atoms with van der Waals surface area (Å²) in [5, 5.41) is 39.2. The molecule has 5 heteroatoms. The molecule has 0 rings (SSSR count). The average Bonchev–Trinajstić information content (AvgIpc) is 2.06. The number of hydrogen-bond donors (Lipinski definition) is 5. The minimum absolute atomic E-state index is 0.250. The first-order chi connectivity index (χ1) is 5.64. The lowest BCUT2D eigenvalue weighted by molar-refractivity contribution is 0.0450. The zero-order chi connectivity index (χ0) is 10.4. The highest BCUT2D eigenvalue weighted by molar-refractivity contribution is 4.43. The van der Waals surface area contributed by atoms with Crippen LogP contribution in [0.5, 0.6) is 0 Å². The van der Waals surface area contributed by atoms with Crippen LogP contribution in [-0.4, -0.2) is 58.1 Å². The van der Waals surface area contributed by atoms with E-state index in [1.807, 2.05) is 0 Å². The van der Waals surface area contributed by atoms with Crippen LogP contribution in [0.4, 0.5) is 0 Å². The number of aliphatic hydroxyl groups is 5. The molecule has 0 aliphatic heterocycles. The van der Waals surface area contributed by atoms with Crippen LogP contribution < -0.4 is 0 Å². The maximum Gasteiger partial charge on any atom is 0.100 e. The van der Waals surface area contributed by atoms with Gasteiger partial charge in [0.15, 0.2) is 0 Å². The zero-order valence-corrected chi connectivity index (χ0v) is 7.64. The van der Waals surface area contributed by atoms with Gasteiger partial charge in [-0.05, 0) is 13.8 Å². The van der Waals surface area contributed by atoms with Crippen molar-refractivity contribution in [2.24, 2.45) is 0 Å². The SMILES string of the molecule is CCO.CCO.OCC(O)CO. The van der Waals surface area contributed by atoms with E-state index < -0.39 is 6.10 Å². The molecule has 0 fully saturated rings. The van der Waals surface area contributed by atoms with E-state index in [1.165, 1.54) is 0 Å². The lowest BCUT2D eigenvalue weighted by Crippen LogP contribution is -2.15. The van der Waals surface area contributed by atoms with Gasteiger partial charge >= 0.3 is 0 Å². The highest BCUT2D eigenvalue weighted by Gasteiger charge is 1.93. The van der Waals surface area contributed by atoms with Gasteiger partial charge in [0.05, 0.1) is 13.2 Å². The lowest BCUT2D eigenvalue weighted by Gasteiger charge is -1.96. The first-order valence-corrected chi connectivity index (χ1v) is 3.75. The molecule has 12 heavy (non-hydrogen) atoms. The molecule has 0 saturated carbocycles. The Morgan fingerprint density at radius 2 is 1.00 bits per heavy atom. The van der Waals surface area contributed by atoms with Crippen molar-refractivity contribution in [2.75, 3.05) is 26.4 Å². The van der Waals surface area contributed by atoms with Crippen molar-refractivity contribution >= 4 is 0 Å². The van der Waals surface area contributed by atoms with Crippen molar-refractivity contribution in [3.8, 4) is 0 Å². The molecule has 0 aromatic carbocycles. The first kappa shape index (κ1) is 17.8. The second-order valence-electron chi connectivity index (χ2n) is 1.65. The van der Waals surface area contributed by atoms with Crippen molar-refractivity contribution in [2.45, 2.75) is 20.0 Å². The largest absolute Gasteiger partial charge is 0.397 e. The Bertz CT molecular complexity index is 45.1. The Kier molecular flexibility index (Phi) is 33.2. The van der Waals surface area contributed by atoms with E-state index in [-0.39, 0.29) is 26.4 Å². The second-order valence-corrected chi connectivity index (χ2v) is 1.65. The molecule has 0 bridgehead atoms. The molecule has 0 atom stereocenters. The summed E-state index contributed by atoms with van der Waals surface area (Å²) in [5.41, 5.74) is 0. The molecule has 0 spiro atoms. The Morgan fingerprint density at radius 3 is 1.00 bits per heavy atom. The fourth-order valence-corrected chi connectivity index (χ4v) is 0.0577. The quantitative estimate of drug-likeness (QED) is 0.353. The van der Waals surface area contributed by atoms with Gasteiger partial charge in [0.25, 0.3) is 0 Å². The zero-order valence-electron chi connectivity index (χ0n) is 7.64. The van der Waals surface area contributed by atoms with Gasteiger partial charge in [-0.25, -0.2) is 0 Å². The maximum absolute atomic E-state index is 8.17. The highest BCUT2D eigenvalue weighted by atomic mass is 16.3. The van der Waals surface area contributed by atoms with Crippen LogP contribution >= 0.6 is 0 Å². The molecule has 0 heterocycles. The summed E-state index contributed by atoms with van der Waals surface area (Å²) in [5.74, 6) is 0. The van der Waals surface area contributed by atoms with Crippen LogP contribution in [0.15, 0.2) is 0 Å². The molecule has 0 saturated heterocycles. The van der Waals surface area contributed by atoms with Crippen molar-refractivity contribution in [3.05, 3.63) is 0 Å². The number of hydrogen-bond acceptors (Lipinski definition) is 5. The third-order valence-electron chi connectivity index (χ3n) is 0.421. The molecular weight excluding hydrogens is 164 g/mol. The third-order valence-corrected chi connectivity index (χ3v) is 0.421. The standard InChI is InChI=1S/C3H8O3.2C2H6O/c4-1-3(6)2-5;2*1-2-3/h3-6H,1-2H2;2*3H,2H2,1H3. The molecule has 0 aromatic rings. The molecule has 5 nitrogen and oxygen atoms in total. The molecule has 0 radical (unpaired) electrons. The van der Waals surface area contributed by atoms with Crippen LogP contribution in [-0.2, 0) is 0 Å². The fourth-order valence-electron chi connectivity index (χ4n) is 0.0577. The van der Waals surface area contributed by atoms with Gasteiger partial charge in [0.2, 0.25) is 0 Å². The summed E-state index contributed by atoms with van der Waals surface area (Å²) in [7, 11) is 0. The van der Waals surface area contributed by atoms with Crippen molar-refractivity contribution < 1.29 is 25.5 Å². The molecule has 5 N–H and O–H groups in total. The Balaban J connectivity index is -0.000000115. The van der Waals surface area contributed by atoms with E-state index >= 15 is 0 Å². The van der Waals surface area contributed by atoms with Crippen molar-refractivity contribution in [1.29, 1.82) is 0 Å². The third kappa shape index (κ3) is 52.6. The molecule has 0 aliphatic rings. The summed E-state index contributed by atoms with van der Waals surface area (Å²) in [4.78, 5) is 0. The molecule has 0 amide bonds. The fraction of sp³-hybridized carbons (Fsp3) is 1.00. The Labute approximate surface area is 72.9 Å². The molecule has 0 unspecified atom stereocenters. The maximum atomic E-state index is 8.17. The van der Waals surface area contributed by atoms with Gasteiger partial charge in [0, 0.05) is 13.2 Å². The first-order valence-electron chi connectivity index (χ1n) is 3.75. The van der Waals surface area contributed by atoms with Crippen LogP contribution in [0.2, 0.25) is 0 Å². The van der Waals surface area contributed by atoms with E-state index in [1.54, 1.807) is 13.8 Å². The minimum Gasteiger partial charge on any atom is -0.397 e. The monoisotopic (exact) mass is 184 g/mol. The molecular formula is C7H20O5. The normalized spacial score (nSPS) is 8.00. The van der Waals surface area contributed by atoms with Gasteiger partial charge < -0.3 is 25.5 Å². The van der Waals surface area contributed by atoms with Gasteiger partial charge in [-0.3, -0.25) is 0 Å². The van der Waals surface area contributed by atoms with Crippen LogP contribution in [0.25, 0.3) is 0 Å². The topological polar surface area (TPSA) is 101 Å². The van der Waals surface area contributed by atoms with E-state index in [9.17, 15) is 0 Å². The predicted octanol–water partition coefficient (Wildman–Crippen LogP) is -1.67. The summed E-state index contributed by atoms with van der Waals surface area (Å²) < 4.78 is 0. The number of aliphatic hydroxyl groups excluding tert-OH is 5. The summed E-state index contributed by atoms with van der Waals surface area (Å²) >= 11 is 0. The Morgan fingerprint density at radius 1 is 0.833 bits per heavy atom. The number of rotatable bonds is 2. The molecule has 0 aromatic heterocycles. The van der Waals surface area contributed by atoms with E-state index in [4.69, 9.17) is 25.5 Å². The summed E-state index contributed by atoms with van der Waals surface area (Å²) in [6.45, 7) is 3.13. The molecule has 78 valence electrons. The average molecular weight is 184 g/mol. The Hall–Kier alpha value is -0.200. The van der Waals surface area contributed by atoms with Gasteiger partial charge in [-0.2, -0.15) is 0 Å². The van der Waals surface area contributed by atoms with Crippen molar-refractivity contribution in [3.63, 3.8) is 0 Å². The van der Waals surface area contributed by atoms with Crippen molar-refractivity contribution in [1.82, 2.24) is 0 Å². The van der Waals surface area contributed by atoms with E-state index in [0.29, 0.717) is 0 Å². The molecule has 0 aliphatic carbocycles. The summed E-state index contributed by atoms with van der Waals surface area (Å²) in [6.07, 6.45) is -0.954. The second kappa shape index (κ2) is 22.4. The predicted molar refractivity (Wildman–Crippen MR) is 45.7 cm³/mol. The highest BCUT2D eigenvalue weighted by Crippen LogP contribution is 1.71. The van der Waals surface area contributed by atoms with E-state index in [2.05, 4.69) is 0 Å². The van der Waals surface area contributed by atoms with Gasteiger partial charge in [-0.1, -0.05) is 0 Å². The van der Waals surface area contributed by atoms with Crippen LogP contribution in [0, 0.1) is 0 Å². The smallest absolute Gasteiger partial charge is 0.100 e. The van der Waals surface area contributed by atoms with Gasteiger partial charge in [0.1, 0.15) is 6.10 Å². The lowest BCUT2D eigenvalue weighted by atomic mass is 10.4. The van der Waals surface area contributed by atoms with Crippen LogP contribution in [0.1, 0.15) is 13.8 Å². The summed E-state index contributed by atoms with van der Waals surface area (Å²) in [6, 6.07) is 0. The van der Waals surface area contributed by atoms with Crippen LogP contribution in [0.3, 0.4) is 0 Å².